The van der Waals surface area contributed by atoms with Crippen LogP contribution in [0.15, 0.2) is 65.1 Å². The highest BCUT2D eigenvalue weighted by Crippen LogP contribution is 2.26. The van der Waals surface area contributed by atoms with Crippen LogP contribution >= 0.6 is 0 Å². The zero-order chi connectivity index (χ0) is 19.2. The number of rotatable bonds is 7. The third-order valence-corrected chi connectivity index (χ3v) is 4.21. The van der Waals surface area contributed by atoms with Gasteiger partial charge in [-0.05, 0) is 44.2 Å². The van der Waals surface area contributed by atoms with Crippen LogP contribution in [0.1, 0.15) is 40.4 Å². The molecule has 0 aliphatic rings. The van der Waals surface area contributed by atoms with Crippen molar-refractivity contribution in [3.05, 3.63) is 83.3 Å². The van der Waals surface area contributed by atoms with Gasteiger partial charge in [-0.25, -0.2) is 0 Å². The lowest BCUT2D eigenvalue weighted by molar-refractivity contribution is 0.0907. The second-order valence-corrected chi connectivity index (χ2v) is 6.31. The minimum Gasteiger partial charge on any atom is -0.496 e. The molecule has 0 unspecified atom stereocenters. The van der Waals surface area contributed by atoms with Crippen molar-refractivity contribution >= 4 is 5.91 Å². The molecule has 0 aliphatic carbocycles. The van der Waals surface area contributed by atoms with Gasteiger partial charge < -0.3 is 19.2 Å². The van der Waals surface area contributed by atoms with Crippen LogP contribution in [0.25, 0.3) is 0 Å². The maximum Gasteiger partial charge on any atom is 0.287 e. The Morgan fingerprint density at radius 2 is 1.89 bits per heavy atom. The van der Waals surface area contributed by atoms with Crippen LogP contribution < -0.4 is 14.8 Å². The molecule has 0 saturated heterocycles. The topological polar surface area (TPSA) is 60.7 Å². The quantitative estimate of drug-likeness (QED) is 0.661. The van der Waals surface area contributed by atoms with Crippen molar-refractivity contribution in [1.29, 1.82) is 0 Å². The largest absolute Gasteiger partial charge is 0.496 e. The molecule has 1 atom stereocenters. The Bertz CT molecular complexity index is 902. The molecule has 0 aliphatic heterocycles. The Labute approximate surface area is 158 Å². The van der Waals surface area contributed by atoms with E-state index in [1.54, 1.807) is 19.2 Å². The number of hydrogen-bond acceptors (Lipinski definition) is 4. The molecule has 1 amide bonds. The van der Waals surface area contributed by atoms with Gasteiger partial charge >= 0.3 is 0 Å². The highest BCUT2D eigenvalue weighted by molar-refractivity contribution is 5.91. The van der Waals surface area contributed by atoms with Gasteiger partial charge in [0.25, 0.3) is 5.91 Å². The van der Waals surface area contributed by atoms with E-state index in [2.05, 4.69) is 5.32 Å². The van der Waals surface area contributed by atoms with Gasteiger partial charge in [0.2, 0.25) is 0 Å². The van der Waals surface area contributed by atoms with Crippen LogP contribution in [0.4, 0.5) is 0 Å². The Morgan fingerprint density at radius 3 is 2.63 bits per heavy atom. The number of benzene rings is 2. The molecule has 1 N–H and O–H groups in total. The molecule has 5 nitrogen and oxygen atoms in total. The first-order valence-corrected chi connectivity index (χ1v) is 8.79. The van der Waals surface area contributed by atoms with Crippen LogP contribution in [-0.4, -0.2) is 13.0 Å². The fraction of sp³-hybridized carbons (Fsp3) is 0.227. The van der Waals surface area contributed by atoms with Gasteiger partial charge in [0.1, 0.15) is 23.9 Å². The minimum atomic E-state index is -0.281. The summed E-state index contributed by atoms with van der Waals surface area (Å²) in [5, 5.41) is 2.95. The van der Waals surface area contributed by atoms with E-state index in [1.165, 1.54) is 0 Å². The summed E-state index contributed by atoms with van der Waals surface area (Å²) >= 11 is 0. The molecule has 0 fully saturated rings. The van der Waals surface area contributed by atoms with E-state index in [0.29, 0.717) is 5.76 Å². The van der Waals surface area contributed by atoms with Gasteiger partial charge in [0.05, 0.1) is 13.2 Å². The van der Waals surface area contributed by atoms with Crippen LogP contribution in [0, 0.1) is 6.92 Å². The summed E-state index contributed by atoms with van der Waals surface area (Å²) in [6.45, 7) is 4.18. The molecule has 0 saturated carbocycles. The highest BCUT2D eigenvalue weighted by atomic mass is 16.5. The van der Waals surface area contributed by atoms with E-state index in [9.17, 15) is 4.79 Å². The van der Waals surface area contributed by atoms with Gasteiger partial charge in [-0.15, -0.1) is 0 Å². The third kappa shape index (κ3) is 4.70. The second-order valence-electron chi connectivity index (χ2n) is 6.31. The Balaban J connectivity index is 1.63. The minimum absolute atomic E-state index is 0.221. The standard InChI is InChI=1S/C22H23NO4/c1-15-9-11-20(25-3)19(13-15)16(2)23-22(24)21-12-10-18(27-21)14-26-17-7-5-4-6-8-17/h4-13,16H,14H2,1-3H3,(H,23,24)/t16-/m1/s1. The smallest absolute Gasteiger partial charge is 0.287 e. The number of carbonyl (C=O) groups excluding carboxylic acids is 1. The van der Waals surface area contributed by atoms with E-state index in [1.807, 2.05) is 62.4 Å². The Morgan fingerprint density at radius 1 is 1.11 bits per heavy atom. The molecule has 3 aromatic rings. The summed E-state index contributed by atoms with van der Waals surface area (Å²) < 4.78 is 16.6. The Kier molecular flexibility index (Phi) is 5.81. The molecule has 0 spiro atoms. The van der Waals surface area contributed by atoms with Crippen molar-refractivity contribution < 1.29 is 18.7 Å². The average molecular weight is 365 g/mol. The van der Waals surface area contributed by atoms with Crippen LogP contribution in [0.2, 0.25) is 0 Å². The predicted molar refractivity (Wildman–Crippen MR) is 103 cm³/mol. The van der Waals surface area contributed by atoms with Crippen molar-refractivity contribution in [2.75, 3.05) is 7.11 Å². The summed E-state index contributed by atoms with van der Waals surface area (Å²) in [7, 11) is 1.62. The van der Waals surface area contributed by atoms with Gasteiger partial charge in [0.15, 0.2) is 5.76 Å². The van der Waals surface area contributed by atoms with Gasteiger partial charge in [-0.1, -0.05) is 35.9 Å². The van der Waals surface area contributed by atoms with Crippen LogP contribution in [-0.2, 0) is 6.61 Å². The molecule has 3 rings (SSSR count). The van der Waals surface area contributed by atoms with E-state index in [-0.39, 0.29) is 24.3 Å². The first kappa shape index (κ1) is 18.6. The first-order valence-electron chi connectivity index (χ1n) is 8.79. The van der Waals surface area contributed by atoms with Crippen molar-refractivity contribution in [2.24, 2.45) is 0 Å². The van der Waals surface area contributed by atoms with Crippen molar-refractivity contribution in [3.8, 4) is 11.5 Å². The van der Waals surface area contributed by atoms with E-state index in [4.69, 9.17) is 13.9 Å². The summed E-state index contributed by atoms with van der Waals surface area (Å²) in [5.74, 6) is 2.05. The summed E-state index contributed by atoms with van der Waals surface area (Å²) in [6, 6.07) is 18.5. The van der Waals surface area contributed by atoms with Crippen molar-refractivity contribution in [2.45, 2.75) is 26.5 Å². The molecule has 1 heterocycles. The maximum atomic E-state index is 12.5. The number of furan rings is 1. The zero-order valence-corrected chi connectivity index (χ0v) is 15.7. The summed E-state index contributed by atoms with van der Waals surface area (Å²) in [6.07, 6.45) is 0. The second kappa shape index (κ2) is 8.45. The number of nitrogens with one attached hydrogen (secondary N) is 1. The predicted octanol–water partition coefficient (Wildman–Crippen LogP) is 4.67. The molecular weight excluding hydrogens is 342 g/mol. The molecule has 27 heavy (non-hydrogen) atoms. The molecule has 0 bridgehead atoms. The molecule has 1 aromatic heterocycles. The number of carbonyl (C=O) groups is 1. The number of aryl methyl sites for hydroxylation is 1. The SMILES string of the molecule is COc1ccc(C)cc1[C@@H](C)NC(=O)c1ccc(COc2ccccc2)o1. The fourth-order valence-electron chi connectivity index (χ4n) is 2.79. The fourth-order valence-corrected chi connectivity index (χ4v) is 2.79. The molecule has 5 heteroatoms. The molecular formula is C22H23NO4. The van der Waals surface area contributed by atoms with Gasteiger partial charge in [0, 0.05) is 5.56 Å². The third-order valence-electron chi connectivity index (χ3n) is 4.21. The number of ether oxygens (including phenoxy) is 2. The monoisotopic (exact) mass is 365 g/mol. The average Bonchev–Trinajstić information content (AvgIpc) is 3.16. The lowest BCUT2D eigenvalue weighted by Crippen LogP contribution is -2.26. The molecule has 140 valence electrons. The number of hydrogen-bond donors (Lipinski definition) is 1. The number of methoxy groups -OCH3 is 1. The lowest BCUT2D eigenvalue weighted by atomic mass is 10.0. The lowest BCUT2D eigenvalue weighted by Gasteiger charge is -2.17. The molecule has 2 aromatic carbocycles. The number of para-hydroxylation sites is 1. The van der Waals surface area contributed by atoms with E-state index >= 15 is 0 Å². The van der Waals surface area contributed by atoms with Gasteiger partial charge in [-0.3, -0.25) is 4.79 Å². The van der Waals surface area contributed by atoms with E-state index in [0.717, 1.165) is 22.6 Å². The maximum absolute atomic E-state index is 12.5. The van der Waals surface area contributed by atoms with E-state index < -0.39 is 0 Å². The summed E-state index contributed by atoms with van der Waals surface area (Å²) in [5.41, 5.74) is 2.02. The van der Waals surface area contributed by atoms with Crippen LogP contribution in [0.5, 0.6) is 11.5 Å². The Hall–Kier alpha value is -3.21. The van der Waals surface area contributed by atoms with Crippen molar-refractivity contribution in [1.82, 2.24) is 5.32 Å². The van der Waals surface area contributed by atoms with Crippen LogP contribution in [0.3, 0.4) is 0 Å². The first-order chi connectivity index (χ1) is 13.1. The number of amides is 1. The highest BCUT2D eigenvalue weighted by Gasteiger charge is 2.18. The zero-order valence-electron chi connectivity index (χ0n) is 15.7. The molecule has 0 radical (unpaired) electrons. The van der Waals surface area contributed by atoms with Gasteiger partial charge in [-0.2, -0.15) is 0 Å². The summed E-state index contributed by atoms with van der Waals surface area (Å²) in [4.78, 5) is 12.5. The normalized spacial score (nSPS) is 11.7. The van der Waals surface area contributed by atoms with Crippen molar-refractivity contribution in [3.63, 3.8) is 0 Å².